The first-order valence-electron chi connectivity index (χ1n) is 11.5. The highest BCUT2D eigenvalue weighted by Crippen LogP contribution is 2.18. The minimum Gasteiger partial charge on any atom is -0.449 e. The quantitative estimate of drug-likeness (QED) is 0.624. The highest BCUT2D eigenvalue weighted by molar-refractivity contribution is 6.37. The van der Waals surface area contributed by atoms with E-state index in [0.717, 1.165) is 6.42 Å². The molecule has 0 fully saturated rings. The summed E-state index contributed by atoms with van der Waals surface area (Å²) in [6.07, 6.45) is 3.09. The zero-order valence-electron chi connectivity index (χ0n) is 20.3. The summed E-state index contributed by atoms with van der Waals surface area (Å²) in [6, 6.07) is 0.857. The average Bonchev–Trinajstić information content (AvgIpc) is 2.73. The molecule has 2 atom stereocenters. The van der Waals surface area contributed by atoms with Gasteiger partial charge in [0.1, 0.15) is 5.82 Å². The van der Waals surface area contributed by atoms with Gasteiger partial charge in [0.05, 0.1) is 12.6 Å². The van der Waals surface area contributed by atoms with Gasteiger partial charge in [0.2, 0.25) is 5.78 Å². The number of carbonyl (C=O) groups is 4. The monoisotopic (exact) mass is 460 g/mol. The molecule has 0 saturated carbocycles. The Morgan fingerprint density at radius 1 is 1.24 bits per heavy atom. The molecule has 0 radical (unpaired) electrons. The standard InChI is InChI=1S/C24H36N4O5/c1-15(2)20(28-23(32)33-14-24(3,4)5)18(29)13-16-12-17-9-11-25-19(27-17)8-6-7-10-26-22(31)21(16)30/h9,11,15-16,20H,6-8,10,12-14H2,1-5H3,(H,26,31)(H,28,32). The first kappa shape index (κ1) is 26.4. The maximum absolute atomic E-state index is 13.2. The van der Waals surface area contributed by atoms with Crippen LogP contribution in [0.15, 0.2) is 12.3 Å². The van der Waals surface area contributed by atoms with Gasteiger partial charge in [-0.25, -0.2) is 14.8 Å². The minimum absolute atomic E-state index is 0.146. The Hall–Kier alpha value is -2.84. The maximum atomic E-state index is 13.2. The van der Waals surface area contributed by atoms with E-state index in [4.69, 9.17) is 4.74 Å². The number of aryl methyl sites for hydroxylation is 1. The molecule has 0 saturated heterocycles. The number of carbonyl (C=O) groups excluding carboxylic acids is 4. The number of alkyl carbamates (subject to hydrolysis) is 1. The van der Waals surface area contributed by atoms with E-state index in [1.54, 1.807) is 26.1 Å². The summed E-state index contributed by atoms with van der Waals surface area (Å²) in [5.74, 6) is -2.09. The second-order valence-electron chi connectivity index (χ2n) is 10.1. The molecule has 9 heteroatoms. The first-order chi connectivity index (χ1) is 15.5. The molecule has 9 nitrogen and oxygen atoms in total. The van der Waals surface area contributed by atoms with E-state index in [1.165, 1.54) is 0 Å². The van der Waals surface area contributed by atoms with Crippen LogP contribution in [-0.2, 0) is 32.0 Å². The maximum Gasteiger partial charge on any atom is 0.407 e. The van der Waals surface area contributed by atoms with Gasteiger partial charge in [-0.1, -0.05) is 34.6 Å². The summed E-state index contributed by atoms with van der Waals surface area (Å²) in [5, 5.41) is 5.28. The Bertz CT molecular complexity index is 863. The number of nitrogens with one attached hydrogen (secondary N) is 2. The van der Waals surface area contributed by atoms with Crippen molar-refractivity contribution in [1.82, 2.24) is 20.6 Å². The number of rotatable bonds is 6. The van der Waals surface area contributed by atoms with Crippen molar-refractivity contribution < 1.29 is 23.9 Å². The summed E-state index contributed by atoms with van der Waals surface area (Å²) < 4.78 is 5.24. The zero-order chi connectivity index (χ0) is 24.6. The number of nitrogens with zero attached hydrogens (tertiary/aromatic N) is 2. The Morgan fingerprint density at radius 3 is 2.64 bits per heavy atom. The van der Waals surface area contributed by atoms with Crippen LogP contribution in [-0.4, -0.2) is 52.7 Å². The lowest BCUT2D eigenvalue weighted by atomic mass is 9.87. The first-order valence-corrected chi connectivity index (χ1v) is 11.5. The van der Waals surface area contributed by atoms with Crippen LogP contribution in [0.2, 0.25) is 0 Å². The molecule has 182 valence electrons. The van der Waals surface area contributed by atoms with Gasteiger partial charge in [0.15, 0.2) is 5.78 Å². The molecular formula is C24H36N4O5. The Kier molecular flexibility index (Phi) is 9.49. The van der Waals surface area contributed by atoms with Crippen molar-refractivity contribution in [2.24, 2.45) is 17.3 Å². The molecule has 2 bridgehead atoms. The minimum atomic E-state index is -0.881. The molecule has 2 amide bonds. The predicted octanol–water partition coefficient (Wildman–Crippen LogP) is 2.41. The summed E-state index contributed by atoms with van der Waals surface area (Å²) in [6.45, 7) is 9.99. The normalized spacial score (nSPS) is 18.5. The molecule has 2 heterocycles. The average molecular weight is 461 g/mol. The van der Waals surface area contributed by atoms with E-state index in [0.29, 0.717) is 30.9 Å². The second kappa shape index (κ2) is 11.9. The molecule has 2 unspecified atom stereocenters. The summed E-state index contributed by atoms with van der Waals surface area (Å²) in [4.78, 5) is 59.5. The van der Waals surface area contributed by atoms with E-state index in [9.17, 15) is 19.2 Å². The number of hydrogen-bond donors (Lipinski definition) is 2. The molecule has 1 aromatic heterocycles. The van der Waals surface area contributed by atoms with Crippen molar-refractivity contribution >= 4 is 23.6 Å². The molecule has 0 aromatic carbocycles. The van der Waals surface area contributed by atoms with E-state index >= 15 is 0 Å². The smallest absolute Gasteiger partial charge is 0.407 e. The number of amides is 2. The zero-order valence-corrected chi connectivity index (χ0v) is 20.3. The van der Waals surface area contributed by atoms with Crippen molar-refractivity contribution in [3.05, 3.63) is 23.8 Å². The van der Waals surface area contributed by atoms with Gasteiger partial charge in [-0.05, 0) is 30.2 Å². The van der Waals surface area contributed by atoms with Gasteiger partial charge in [-0.3, -0.25) is 14.4 Å². The number of hydrogen-bond acceptors (Lipinski definition) is 7. The molecule has 1 aliphatic heterocycles. The fourth-order valence-corrected chi connectivity index (χ4v) is 3.51. The fourth-order valence-electron chi connectivity index (χ4n) is 3.51. The fraction of sp³-hybridized carbons (Fsp3) is 0.667. The van der Waals surface area contributed by atoms with Gasteiger partial charge in [0.25, 0.3) is 5.91 Å². The topological polar surface area (TPSA) is 127 Å². The van der Waals surface area contributed by atoms with Gasteiger partial charge < -0.3 is 15.4 Å². The molecule has 1 aliphatic rings. The van der Waals surface area contributed by atoms with Gasteiger partial charge in [-0.2, -0.15) is 0 Å². The van der Waals surface area contributed by atoms with Crippen LogP contribution in [0.1, 0.15) is 65.4 Å². The molecule has 33 heavy (non-hydrogen) atoms. The number of Topliss-reactive ketones (excluding diaryl/α,β-unsaturated/α-hetero) is 2. The summed E-state index contributed by atoms with van der Waals surface area (Å²) in [7, 11) is 0. The van der Waals surface area contributed by atoms with Crippen LogP contribution in [0.5, 0.6) is 0 Å². The van der Waals surface area contributed by atoms with E-state index in [2.05, 4.69) is 20.6 Å². The number of aromatic nitrogens is 2. The predicted molar refractivity (Wildman–Crippen MR) is 122 cm³/mol. The summed E-state index contributed by atoms with van der Waals surface area (Å²) >= 11 is 0. The number of fused-ring (bicyclic) bond motifs is 2. The van der Waals surface area contributed by atoms with Crippen LogP contribution in [0.25, 0.3) is 0 Å². The lowest BCUT2D eigenvalue weighted by Gasteiger charge is -2.24. The lowest BCUT2D eigenvalue weighted by molar-refractivity contribution is -0.141. The highest BCUT2D eigenvalue weighted by atomic mass is 16.5. The molecular weight excluding hydrogens is 424 g/mol. The van der Waals surface area contributed by atoms with E-state index in [1.807, 2.05) is 20.8 Å². The largest absolute Gasteiger partial charge is 0.449 e. The Morgan fingerprint density at radius 2 is 1.97 bits per heavy atom. The van der Waals surface area contributed by atoms with Crippen molar-refractivity contribution in [3.63, 3.8) is 0 Å². The highest BCUT2D eigenvalue weighted by Gasteiger charge is 2.33. The van der Waals surface area contributed by atoms with E-state index < -0.39 is 29.7 Å². The van der Waals surface area contributed by atoms with Crippen LogP contribution in [0, 0.1) is 17.3 Å². The van der Waals surface area contributed by atoms with Crippen LogP contribution < -0.4 is 10.6 Å². The number of ether oxygens (including phenoxy) is 1. The van der Waals surface area contributed by atoms with Crippen molar-refractivity contribution in [2.45, 2.75) is 72.8 Å². The third kappa shape index (κ3) is 8.90. The van der Waals surface area contributed by atoms with Crippen LogP contribution >= 0.6 is 0 Å². The van der Waals surface area contributed by atoms with Gasteiger partial charge in [-0.15, -0.1) is 0 Å². The SMILES string of the molecule is CC(C)C(NC(=O)OCC(C)(C)C)C(=O)CC1Cc2ccnc(n2)CCCCNC(=O)C1=O. The summed E-state index contributed by atoms with van der Waals surface area (Å²) in [5.41, 5.74) is 0.400. The molecule has 0 aliphatic carbocycles. The molecule has 0 spiro atoms. The Labute approximate surface area is 195 Å². The molecule has 2 N–H and O–H groups in total. The molecule has 2 rings (SSSR count). The van der Waals surface area contributed by atoms with Crippen molar-refractivity contribution in [1.29, 1.82) is 0 Å². The lowest BCUT2D eigenvalue weighted by Crippen LogP contribution is -2.47. The second-order valence-corrected chi connectivity index (χ2v) is 10.1. The van der Waals surface area contributed by atoms with Gasteiger partial charge in [0, 0.05) is 43.6 Å². The van der Waals surface area contributed by atoms with Crippen LogP contribution in [0.3, 0.4) is 0 Å². The molecule has 1 aromatic rings. The van der Waals surface area contributed by atoms with Crippen molar-refractivity contribution in [2.75, 3.05) is 13.2 Å². The third-order valence-electron chi connectivity index (χ3n) is 5.30. The van der Waals surface area contributed by atoms with E-state index in [-0.39, 0.29) is 36.6 Å². The van der Waals surface area contributed by atoms with Crippen molar-refractivity contribution in [3.8, 4) is 0 Å². The Balaban J connectivity index is 2.17. The number of ketones is 2. The van der Waals surface area contributed by atoms with Crippen LogP contribution in [0.4, 0.5) is 4.79 Å². The van der Waals surface area contributed by atoms with Gasteiger partial charge >= 0.3 is 6.09 Å². The third-order valence-corrected chi connectivity index (χ3v) is 5.30.